The average Bonchev–Trinajstić information content (AvgIpc) is 3.42. The molecule has 0 N–H and O–H groups in total. The Hall–Kier alpha value is -2.41. The van der Waals surface area contributed by atoms with E-state index in [0.29, 0.717) is 22.3 Å². The molecule has 0 amide bonds. The van der Waals surface area contributed by atoms with Gasteiger partial charge in [0.2, 0.25) is 12.7 Å². The largest absolute Gasteiger partial charge is 0.454 e. The van der Waals surface area contributed by atoms with E-state index in [1.807, 2.05) is 30.3 Å². The number of likely N-dealkylation sites (tertiary alicyclic amines) is 1. The topological polar surface area (TPSA) is 51.0 Å². The molecule has 0 bridgehead atoms. The third kappa shape index (κ3) is 5.80. The van der Waals surface area contributed by atoms with E-state index in [0.717, 1.165) is 48.0 Å². The van der Waals surface area contributed by atoms with E-state index < -0.39 is 0 Å². The highest BCUT2D eigenvalue weighted by Crippen LogP contribution is 2.34. The highest BCUT2D eigenvalue weighted by atomic mass is 35.5. The van der Waals surface area contributed by atoms with Crippen molar-refractivity contribution in [2.45, 2.75) is 38.6 Å². The van der Waals surface area contributed by atoms with Crippen molar-refractivity contribution in [3.05, 3.63) is 58.1 Å². The lowest BCUT2D eigenvalue weighted by atomic mass is 10.1. The molecule has 180 valence electrons. The van der Waals surface area contributed by atoms with Crippen LogP contribution in [-0.4, -0.2) is 43.0 Å². The van der Waals surface area contributed by atoms with Crippen molar-refractivity contribution in [2.75, 3.05) is 37.9 Å². The lowest BCUT2D eigenvalue weighted by molar-refractivity contribution is 0.174. The summed E-state index contributed by atoms with van der Waals surface area (Å²) < 4.78 is 16.8. The third-order valence-electron chi connectivity index (χ3n) is 6.38. The number of anilines is 1. The van der Waals surface area contributed by atoms with Crippen LogP contribution in [0.3, 0.4) is 0 Å². The number of ether oxygens (including phenoxy) is 2. The Bertz CT molecular complexity index is 1090. The first-order valence-corrected chi connectivity index (χ1v) is 12.7. The maximum atomic E-state index is 6.20. The van der Waals surface area contributed by atoms with Crippen LogP contribution < -0.4 is 14.4 Å². The van der Waals surface area contributed by atoms with Crippen LogP contribution in [0.2, 0.25) is 10.0 Å². The van der Waals surface area contributed by atoms with Gasteiger partial charge in [0, 0.05) is 34.8 Å². The molecular weight excluding hydrogens is 473 g/mol. The highest BCUT2D eigenvalue weighted by Gasteiger charge is 2.19. The molecule has 0 aliphatic carbocycles. The first kappa shape index (κ1) is 23.3. The van der Waals surface area contributed by atoms with Crippen molar-refractivity contribution < 1.29 is 14.0 Å². The van der Waals surface area contributed by atoms with Gasteiger partial charge >= 0.3 is 0 Å². The number of hydrogen-bond acceptors (Lipinski definition) is 6. The van der Waals surface area contributed by atoms with Crippen LogP contribution in [0, 0.1) is 0 Å². The minimum atomic E-state index is 0.270. The standard InChI is InChI=1S/C26H29Cl2N3O3/c27-21-13-20(14-22(28)15-21)23-16-26(34-29-23)31(11-5-10-30-8-3-1-2-4-9-30)17-19-6-7-24-25(12-19)33-18-32-24/h6-7,12-16H,1-5,8-11,17-18H2. The van der Waals surface area contributed by atoms with Crippen LogP contribution in [0.5, 0.6) is 11.5 Å². The first-order valence-electron chi connectivity index (χ1n) is 11.9. The summed E-state index contributed by atoms with van der Waals surface area (Å²) in [5.41, 5.74) is 2.67. The maximum absolute atomic E-state index is 6.20. The Morgan fingerprint density at radius 3 is 2.44 bits per heavy atom. The number of halogens is 2. The van der Waals surface area contributed by atoms with E-state index in [4.69, 9.17) is 37.2 Å². The van der Waals surface area contributed by atoms with Gasteiger partial charge in [-0.05, 0) is 74.8 Å². The number of rotatable bonds is 8. The Labute approximate surface area is 210 Å². The summed E-state index contributed by atoms with van der Waals surface area (Å²) in [5, 5.41) is 5.45. The maximum Gasteiger partial charge on any atom is 0.231 e. The van der Waals surface area contributed by atoms with Crippen molar-refractivity contribution in [1.82, 2.24) is 10.1 Å². The fraction of sp³-hybridized carbons (Fsp3) is 0.423. The molecule has 8 heteroatoms. The van der Waals surface area contributed by atoms with Crippen LogP contribution in [0.25, 0.3) is 11.3 Å². The second kappa shape index (κ2) is 10.9. The van der Waals surface area contributed by atoms with E-state index >= 15 is 0 Å². The molecular formula is C26H29Cl2N3O3. The summed E-state index contributed by atoms with van der Waals surface area (Å²) in [6, 6.07) is 13.4. The minimum absolute atomic E-state index is 0.270. The van der Waals surface area contributed by atoms with Gasteiger partial charge in [0.05, 0.1) is 0 Å². The molecule has 0 saturated carbocycles. The number of fused-ring (bicyclic) bond motifs is 1. The lowest BCUT2D eigenvalue weighted by Gasteiger charge is -2.24. The number of aromatic nitrogens is 1. The zero-order valence-electron chi connectivity index (χ0n) is 19.1. The summed E-state index contributed by atoms with van der Waals surface area (Å²) >= 11 is 12.4. The highest BCUT2D eigenvalue weighted by molar-refractivity contribution is 6.35. The smallest absolute Gasteiger partial charge is 0.231 e. The Balaban J connectivity index is 1.33. The number of benzene rings is 2. The average molecular weight is 502 g/mol. The van der Waals surface area contributed by atoms with Crippen molar-refractivity contribution in [2.24, 2.45) is 0 Å². The summed E-state index contributed by atoms with van der Waals surface area (Å²) in [7, 11) is 0. The molecule has 1 aromatic heterocycles. The summed E-state index contributed by atoms with van der Waals surface area (Å²) in [6.45, 7) is 5.29. The lowest BCUT2D eigenvalue weighted by Crippen LogP contribution is -2.30. The fourth-order valence-electron chi connectivity index (χ4n) is 4.62. The molecule has 0 spiro atoms. The van der Waals surface area contributed by atoms with Crippen molar-refractivity contribution in [3.8, 4) is 22.8 Å². The summed E-state index contributed by atoms with van der Waals surface area (Å²) in [5.74, 6) is 2.30. The van der Waals surface area contributed by atoms with Crippen LogP contribution in [-0.2, 0) is 6.54 Å². The molecule has 5 rings (SSSR count). The first-order chi connectivity index (χ1) is 16.6. The van der Waals surface area contributed by atoms with Gasteiger partial charge in [-0.25, -0.2) is 0 Å². The van der Waals surface area contributed by atoms with Gasteiger partial charge in [0.15, 0.2) is 11.5 Å². The molecule has 0 radical (unpaired) electrons. The molecule has 2 aliphatic rings. The van der Waals surface area contributed by atoms with Crippen LogP contribution in [0.4, 0.5) is 5.88 Å². The molecule has 1 fully saturated rings. The minimum Gasteiger partial charge on any atom is -0.454 e. The molecule has 0 atom stereocenters. The molecule has 34 heavy (non-hydrogen) atoms. The van der Waals surface area contributed by atoms with Crippen LogP contribution in [0.15, 0.2) is 47.0 Å². The zero-order chi connectivity index (χ0) is 23.3. The van der Waals surface area contributed by atoms with Crippen molar-refractivity contribution in [1.29, 1.82) is 0 Å². The predicted molar refractivity (Wildman–Crippen MR) is 135 cm³/mol. The zero-order valence-corrected chi connectivity index (χ0v) is 20.7. The third-order valence-corrected chi connectivity index (χ3v) is 6.82. The Morgan fingerprint density at radius 2 is 1.65 bits per heavy atom. The Morgan fingerprint density at radius 1 is 0.882 bits per heavy atom. The van der Waals surface area contributed by atoms with Gasteiger partial charge in [-0.3, -0.25) is 0 Å². The SMILES string of the molecule is Clc1cc(Cl)cc(-c2cc(N(CCCN3CCCCCC3)Cc3ccc4c(c3)OCO4)on2)c1. The molecule has 2 aromatic carbocycles. The summed E-state index contributed by atoms with van der Waals surface area (Å²) in [6.07, 6.45) is 6.34. The number of nitrogens with zero attached hydrogens (tertiary/aromatic N) is 3. The fourth-order valence-corrected chi connectivity index (χ4v) is 5.15. The number of hydrogen-bond donors (Lipinski definition) is 0. The van der Waals surface area contributed by atoms with Gasteiger partial charge in [-0.2, -0.15) is 0 Å². The van der Waals surface area contributed by atoms with Gasteiger partial charge in [-0.15, -0.1) is 0 Å². The van der Waals surface area contributed by atoms with Crippen molar-refractivity contribution in [3.63, 3.8) is 0 Å². The van der Waals surface area contributed by atoms with Gasteiger partial charge in [-0.1, -0.05) is 47.3 Å². The van der Waals surface area contributed by atoms with Gasteiger partial charge in [0.25, 0.3) is 0 Å². The van der Waals surface area contributed by atoms with Gasteiger partial charge < -0.3 is 23.8 Å². The van der Waals surface area contributed by atoms with E-state index in [-0.39, 0.29) is 6.79 Å². The molecule has 1 saturated heterocycles. The van der Waals surface area contributed by atoms with E-state index in [2.05, 4.69) is 21.0 Å². The molecule has 3 aromatic rings. The van der Waals surface area contributed by atoms with Crippen LogP contribution in [0.1, 0.15) is 37.7 Å². The summed E-state index contributed by atoms with van der Waals surface area (Å²) in [4.78, 5) is 4.82. The normalized spacial score (nSPS) is 15.9. The monoisotopic (exact) mass is 501 g/mol. The second-order valence-corrected chi connectivity index (χ2v) is 9.80. The second-order valence-electron chi connectivity index (χ2n) is 8.93. The van der Waals surface area contributed by atoms with Crippen molar-refractivity contribution >= 4 is 29.1 Å². The molecule has 3 heterocycles. The Kier molecular flexibility index (Phi) is 7.48. The van der Waals surface area contributed by atoms with Gasteiger partial charge in [0.1, 0.15) is 5.69 Å². The molecule has 2 aliphatic heterocycles. The molecule has 6 nitrogen and oxygen atoms in total. The molecule has 0 unspecified atom stereocenters. The van der Waals surface area contributed by atoms with E-state index in [9.17, 15) is 0 Å². The van der Waals surface area contributed by atoms with E-state index in [1.54, 1.807) is 6.07 Å². The van der Waals surface area contributed by atoms with E-state index in [1.165, 1.54) is 38.8 Å². The quantitative estimate of drug-likeness (QED) is 0.344. The van der Waals surface area contributed by atoms with Crippen LogP contribution >= 0.6 is 23.2 Å². The predicted octanol–water partition coefficient (Wildman–Crippen LogP) is 6.65.